The summed E-state index contributed by atoms with van der Waals surface area (Å²) in [7, 11) is 1.41. The maximum atomic E-state index is 11.6. The van der Waals surface area contributed by atoms with Crippen LogP contribution in [0.5, 0.6) is 0 Å². The number of imide groups is 1. The molecule has 2 N–H and O–H groups in total. The molecule has 1 aliphatic rings. The van der Waals surface area contributed by atoms with Crippen molar-refractivity contribution >= 4 is 23.6 Å². The quantitative estimate of drug-likeness (QED) is 0.728. The van der Waals surface area contributed by atoms with E-state index in [0.29, 0.717) is 0 Å². The number of carbonyl (C=O) groups is 3. The van der Waals surface area contributed by atoms with Gasteiger partial charge in [0.2, 0.25) is 5.91 Å². The Labute approximate surface area is 102 Å². The highest BCUT2D eigenvalue weighted by molar-refractivity contribution is 6.06. The molecular formula is C11H11N3O4. The van der Waals surface area contributed by atoms with E-state index in [2.05, 4.69) is 10.3 Å². The van der Waals surface area contributed by atoms with Crippen LogP contribution in [0.25, 0.3) is 0 Å². The maximum Gasteiger partial charge on any atom is 0.335 e. The molecule has 0 bridgehead atoms. The van der Waals surface area contributed by atoms with Gasteiger partial charge in [-0.1, -0.05) is 0 Å². The SMILES string of the molecule is CN1C(=O)CC(Nc2cc(C(=O)O)ccn2)C1=O. The molecule has 2 heterocycles. The van der Waals surface area contributed by atoms with Crippen LogP contribution in [0.1, 0.15) is 16.8 Å². The number of carboxylic acid groups (broad SMARTS) is 1. The fourth-order valence-electron chi connectivity index (χ4n) is 1.69. The molecule has 1 unspecified atom stereocenters. The van der Waals surface area contributed by atoms with Crippen LogP contribution in [-0.4, -0.2) is 45.9 Å². The summed E-state index contributed by atoms with van der Waals surface area (Å²) >= 11 is 0. The van der Waals surface area contributed by atoms with Gasteiger partial charge in [0.25, 0.3) is 5.91 Å². The summed E-state index contributed by atoms with van der Waals surface area (Å²) in [4.78, 5) is 38.7. The first-order valence-corrected chi connectivity index (χ1v) is 5.25. The molecule has 0 aromatic carbocycles. The molecule has 18 heavy (non-hydrogen) atoms. The van der Waals surface area contributed by atoms with E-state index >= 15 is 0 Å². The third-order valence-electron chi connectivity index (χ3n) is 2.71. The number of pyridine rings is 1. The van der Waals surface area contributed by atoms with Gasteiger partial charge >= 0.3 is 5.97 Å². The van der Waals surface area contributed by atoms with Crippen molar-refractivity contribution in [3.05, 3.63) is 23.9 Å². The average molecular weight is 249 g/mol. The molecule has 0 radical (unpaired) electrons. The lowest BCUT2D eigenvalue weighted by molar-refractivity contribution is -0.136. The summed E-state index contributed by atoms with van der Waals surface area (Å²) in [6, 6.07) is 1.98. The van der Waals surface area contributed by atoms with E-state index < -0.39 is 12.0 Å². The van der Waals surface area contributed by atoms with Crippen LogP contribution in [0, 0.1) is 0 Å². The van der Waals surface area contributed by atoms with E-state index in [1.165, 1.54) is 25.4 Å². The highest BCUT2D eigenvalue weighted by Gasteiger charge is 2.36. The van der Waals surface area contributed by atoms with Gasteiger partial charge in [-0.05, 0) is 12.1 Å². The minimum atomic E-state index is -1.08. The Morgan fingerprint density at radius 2 is 2.28 bits per heavy atom. The monoisotopic (exact) mass is 249 g/mol. The molecule has 7 heteroatoms. The molecule has 7 nitrogen and oxygen atoms in total. The van der Waals surface area contributed by atoms with E-state index in [9.17, 15) is 14.4 Å². The molecular weight excluding hydrogens is 238 g/mol. The second-order valence-corrected chi connectivity index (χ2v) is 3.93. The molecule has 2 rings (SSSR count). The third-order valence-corrected chi connectivity index (χ3v) is 2.71. The van der Waals surface area contributed by atoms with E-state index in [1.807, 2.05) is 0 Å². The minimum Gasteiger partial charge on any atom is -0.478 e. The zero-order valence-corrected chi connectivity index (χ0v) is 9.58. The van der Waals surface area contributed by atoms with Gasteiger partial charge in [0, 0.05) is 13.2 Å². The van der Waals surface area contributed by atoms with Gasteiger partial charge in [-0.3, -0.25) is 14.5 Å². The van der Waals surface area contributed by atoms with Crippen molar-refractivity contribution in [3.8, 4) is 0 Å². The highest BCUT2D eigenvalue weighted by atomic mass is 16.4. The van der Waals surface area contributed by atoms with Gasteiger partial charge < -0.3 is 10.4 Å². The van der Waals surface area contributed by atoms with Crippen LogP contribution in [-0.2, 0) is 9.59 Å². The van der Waals surface area contributed by atoms with Crippen molar-refractivity contribution in [1.82, 2.24) is 9.88 Å². The van der Waals surface area contributed by atoms with Crippen molar-refractivity contribution in [1.29, 1.82) is 0 Å². The van der Waals surface area contributed by atoms with Crippen LogP contribution in [0.2, 0.25) is 0 Å². The largest absolute Gasteiger partial charge is 0.478 e. The summed E-state index contributed by atoms with van der Waals surface area (Å²) < 4.78 is 0. The average Bonchev–Trinajstić information content (AvgIpc) is 2.57. The van der Waals surface area contributed by atoms with Crippen molar-refractivity contribution in [2.45, 2.75) is 12.5 Å². The standard InChI is InChI=1S/C11H11N3O4/c1-14-9(15)5-7(10(14)16)13-8-4-6(11(17)18)2-3-12-8/h2-4,7H,5H2,1H3,(H,12,13)(H,17,18). The summed E-state index contributed by atoms with van der Waals surface area (Å²) in [5, 5.41) is 11.6. The van der Waals surface area contributed by atoms with Gasteiger partial charge in [-0.2, -0.15) is 0 Å². The first-order chi connectivity index (χ1) is 8.49. The molecule has 2 amide bonds. The molecule has 0 saturated carbocycles. The second kappa shape index (κ2) is 4.44. The van der Waals surface area contributed by atoms with E-state index in [-0.39, 0.29) is 29.6 Å². The van der Waals surface area contributed by atoms with Crippen molar-refractivity contribution < 1.29 is 19.5 Å². The molecule has 94 valence electrons. The number of carboxylic acids is 1. The summed E-state index contributed by atoms with van der Waals surface area (Å²) in [5.74, 6) is -1.43. The number of hydrogen-bond acceptors (Lipinski definition) is 5. The van der Waals surface area contributed by atoms with Crippen LogP contribution < -0.4 is 5.32 Å². The zero-order valence-electron chi connectivity index (χ0n) is 9.58. The third kappa shape index (κ3) is 2.15. The topological polar surface area (TPSA) is 99.6 Å². The number of anilines is 1. The van der Waals surface area contributed by atoms with Gasteiger partial charge in [0.1, 0.15) is 11.9 Å². The molecule has 1 aliphatic heterocycles. The van der Waals surface area contributed by atoms with E-state index in [1.54, 1.807) is 0 Å². The van der Waals surface area contributed by atoms with E-state index in [0.717, 1.165) is 4.90 Å². The number of rotatable bonds is 3. The molecule has 1 saturated heterocycles. The van der Waals surface area contributed by atoms with Crippen molar-refractivity contribution in [2.75, 3.05) is 12.4 Å². The number of hydrogen-bond donors (Lipinski definition) is 2. The fraction of sp³-hybridized carbons (Fsp3) is 0.273. The first-order valence-electron chi connectivity index (χ1n) is 5.25. The lowest BCUT2D eigenvalue weighted by atomic mass is 10.2. The smallest absolute Gasteiger partial charge is 0.335 e. The lowest BCUT2D eigenvalue weighted by Crippen LogP contribution is -2.32. The Kier molecular flexibility index (Phi) is 2.97. The predicted octanol–water partition coefficient (Wildman–Crippen LogP) is -0.0510. The number of aromatic nitrogens is 1. The molecule has 1 atom stereocenters. The molecule has 0 aliphatic carbocycles. The predicted molar refractivity (Wildman–Crippen MR) is 61.0 cm³/mol. The number of carbonyl (C=O) groups excluding carboxylic acids is 2. The van der Waals surface area contributed by atoms with Crippen LogP contribution >= 0.6 is 0 Å². The number of nitrogens with one attached hydrogen (secondary N) is 1. The molecule has 1 fully saturated rings. The van der Waals surface area contributed by atoms with Gasteiger partial charge in [0.15, 0.2) is 0 Å². The van der Waals surface area contributed by atoms with Crippen LogP contribution in [0.4, 0.5) is 5.82 Å². The van der Waals surface area contributed by atoms with Crippen LogP contribution in [0.15, 0.2) is 18.3 Å². The molecule has 1 aromatic rings. The summed E-state index contributed by atoms with van der Waals surface area (Å²) in [5.41, 5.74) is 0.0672. The van der Waals surface area contributed by atoms with Crippen molar-refractivity contribution in [3.63, 3.8) is 0 Å². The van der Waals surface area contributed by atoms with Gasteiger partial charge in [-0.15, -0.1) is 0 Å². The number of nitrogens with zero attached hydrogens (tertiary/aromatic N) is 2. The molecule has 0 spiro atoms. The summed E-state index contributed by atoms with van der Waals surface area (Å²) in [6.07, 6.45) is 1.38. The number of likely N-dealkylation sites (N-methyl/N-ethyl adjacent to an activating group) is 1. The Hall–Kier alpha value is -2.44. The normalized spacial score (nSPS) is 19.2. The fourth-order valence-corrected chi connectivity index (χ4v) is 1.69. The maximum absolute atomic E-state index is 11.6. The highest BCUT2D eigenvalue weighted by Crippen LogP contribution is 2.16. The van der Waals surface area contributed by atoms with Gasteiger partial charge in [0.05, 0.1) is 12.0 Å². The van der Waals surface area contributed by atoms with E-state index in [4.69, 9.17) is 5.11 Å². The summed E-state index contributed by atoms with van der Waals surface area (Å²) in [6.45, 7) is 0. The molecule has 1 aromatic heterocycles. The second-order valence-electron chi connectivity index (χ2n) is 3.93. The van der Waals surface area contributed by atoms with Gasteiger partial charge in [-0.25, -0.2) is 9.78 Å². The Bertz CT molecular complexity index is 529. The Morgan fingerprint density at radius 1 is 1.56 bits per heavy atom. The number of likely N-dealkylation sites (tertiary alicyclic amines) is 1. The van der Waals surface area contributed by atoms with Crippen molar-refractivity contribution in [2.24, 2.45) is 0 Å². The van der Waals surface area contributed by atoms with Crippen LogP contribution in [0.3, 0.4) is 0 Å². The first kappa shape index (κ1) is 12.0. The minimum absolute atomic E-state index is 0.0499. The number of amides is 2. The number of aromatic carboxylic acids is 1. The lowest BCUT2D eigenvalue weighted by Gasteiger charge is -2.11. The Balaban J connectivity index is 2.15. The Morgan fingerprint density at radius 3 is 2.83 bits per heavy atom. The zero-order chi connectivity index (χ0) is 13.3.